The number of nitriles is 1. The minimum absolute atomic E-state index is 0.356. The van der Waals surface area contributed by atoms with E-state index in [4.69, 9.17) is 0 Å². The molecule has 0 bridgehead atoms. The molecular formula is C66H46F3N3. The quantitative estimate of drug-likeness (QED) is 0.157. The van der Waals surface area contributed by atoms with Crippen molar-refractivity contribution < 1.29 is 13.2 Å². The number of nitrogens with zero attached hydrogens (tertiary/aromatic N) is 3. The minimum atomic E-state index is -4.62. The highest BCUT2D eigenvalue weighted by atomic mass is 19.4. The average molecular weight is 938 g/mol. The summed E-state index contributed by atoms with van der Waals surface area (Å²) < 4.78 is 49.5. The van der Waals surface area contributed by atoms with Gasteiger partial charge in [-0.3, -0.25) is 0 Å². The van der Waals surface area contributed by atoms with Crippen molar-refractivity contribution in [3.63, 3.8) is 0 Å². The van der Waals surface area contributed by atoms with Crippen molar-refractivity contribution in [2.45, 2.75) is 33.9 Å². The van der Waals surface area contributed by atoms with Crippen LogP contribution in [-0.4, -0.2) is 9.13 Å². The molecule has 0 atom stereocenters. The second-order valence-corrected chi connectivity index (χ2v) is 19.1. The van der Waals surface area contributed by atoms with Gasteiger partial charge in [-0.05, 0) is 126 Å². The van der Waals surface area contributed by atoms with E-state index >= 15 is 13.2 Å². The van der Waals surface area contributed by atoms with Gasteiger partial charge >= 0.3 is 6.18 Å². The standard InChI is InChI=1S/C66H46F3N3/c1-40-8-16-45(17-9-40)49-24-28-55-56-29-25-50(46-18-10-41(2)11-19-46)36-60(56)71(59(55)35-49)63-32-44(39-70)33-64(65(63)53-6-5-7-54(34-53)66(67,68)69)72-61-37-51(47-20-12-42(3)13-21-47)26-30-57(61)58-31-27-52(38-62(58)72)48-22-14-43(4)15-23-48/h5-38H,1-4H3. The predicted molar refractivity (Wildman–Crippen MR) is 291 cm³/mol. The number of alkyl halides is 3. The largest absolute Gasteiger partial charge is 0.416 e. The van der Waals surface area contributed by atoms with Gasteiger partial charge < -0.3 is 9.13 Å². The lowest BCUT2D eigenvalue weighted by Crippen LogP contribution is -2.07. The van der Waals surface area contributed by atoms with Crippen LogP contribution in [0.3, 0.4) is 0 Å². The molecule has 0 aliphatic heterocycles. The maximum absolute atomic E-state index is 15.1. The first-order valence-corrected chi connectivity index (χ1v) is 24.1. The number of rotatable bonds is 7. The molecule has 2 aromatic heterocycles. The van der Waals surface area contributed by atoms with Gasteiger partial charge in [-0.25, -0.2) is 0 Å². The Hall–Kier alpha value is -8.92. The van der Waals surface area contributed by atoms with Crippen molar-refractivity contribution >= 4 is 43.6 Å². The Morgan fingerprint density at radius 1 is 0.347 bits per heavy atom. The van der Waals surface area contributed by atoms with Crippen LogP contribution in [0.2, 0.25) is 0 Å². The molecule has 0 saturated carbocycles. The number of aryl methyl sites for hydroxylation is 4. The first-order valence-electron chi connectivity index (χ1n) is 24.1. The first-order chi connectivity index (χ1) is 34.9. The summed E-state index contributed by atoms with van der Waals surface area (Å²) in [6.45, 7) is 8.26. The molecule has 0 aliphatic rings. The molecule has 0 spiro atoms. The Labute approximate surface area is 415 Å². The molecule has 0 N–H and O–H groups in total. The lowest BCUT2D eigenvalue weighted by molar-refractivity contribution is -0.137. The van der Waals surface area contributed by atoms with E-state index in [1.165, 1.54) is 12.1 Å². The highest BCUT2D eigenvalue weighted by Gasteiger charge is 2.32. The van der Waals surface area contributed by atoms with Gasteiger partial charge in [0.2, 0.25) is 0 Å². The molecule has 10 aromatic carbocycles. The zero-order valence-electron chi connectivity index (χ0n) is 40.1. The van der Waals surface area contributed by atoms with E-state index < -0.39 is 11.7 Å². The summed E-state index contributed by atoms with van der Waals surface area (Å²) in [5.41, 5.74) is 17.7. The third-order valence-electron chi connectivity index (χ3n) is 14.3. The molecule has 6 heteroatoms. The van der Waals surface area contributed by atoms with Gasteiger partial charge in [0.1, 0.15) is 0 Å². The van der Waals surface area contributed by atoms with Crippen LogP contribution < -0.4 is 0 Å². The van der Waals surface area contributed by atoms with Crippen molar-refractivity contribution in [3.8, 4) is 73.1 Å². The van der Waals surface area contributed by atoms with Crippen molar-refractivity contribution in [1.29, 1.82) is 5.26 Å². The van der Waals surface area contributed by atoms with Crippen molar-refractivity contribution in [2.24, 2.45) is 0 Å². The number of hydrogen-bond donors (Lipinski definition) is 0. The summed E-state index contributed by atoms with van der Waals surface area (Å²) in [7, 11) is 0. The SMILES string of the molecule is Cc1ccc(-c2ccc3c4ccc(-c5ccc(C)cc5)cc4n(-c4cc(C#N)cc(-n5c6cc(-c7ccc(C)cc7)ccc6c6ccc(-c7ccc(C)cc7)cc65)c4-c4cccc(C(F)(F)F)c4)c3c2)cc1. The van der Waals surface area contributed by atoms with Gasteiger partial charge in [0, 0.05) is 27.1 Å². The fraction of sp³-hybridized carbons (Fsp3) is 0.0758. The highest BCUT2D eigenvalue weighted by Crippen LogP contribution is 2.46. The van der Waals surface area contributed by atoms with Crippen LogP contribution in [0.4, 0.5) is 13.2 Å². The highest BCUT2D eigenvalue weighted by molar-refractivity contribution is 6.14. The van der Waals surface area contributed by atoms with Crippen LogP contribution in [0.15, 0.2) is 206 Å². The maximum Gasteiger partial charge on any atom is 0.416 e. The third kappa shape index (κ3) is 7.71. The lowest BCUT2D eigenvalue weighted by Gasteiger charge is -2.22. The van der Waals surface area contributed by atoms with Gasteiger partial charge in [-0.2, -0.15) is 18.4 Å². The topological polar surface area (TPSA) is 33.6 Å². The van der Waals surface area contributed by atoms with Crippen LogP contribution in [0, 0.1) is 39.0 Å². The molecule has 2 heterocycles. The molecule has 12 aromatic rings. The summed E-state index contributed by atoms with van der Waals surface area (Å²) in [6, 6.07) is 71.2. The maximum atomic E-state index is 15.1. The Morgan fingerprint density at radius 3 is 0.944 bits per heavy atom. The van der Waals surface area contributed by atoms with E-state index in [1.807, 2.05) is 12.1 Å². The Balaban J connectivity index is 1.25. The average Bonchev–Trinajstić information content (AvgIpc) is 3.90. The van der Waals surface area contributed by atoms with Crippen LogP contribution >= 0.6 is 0 Å². The molecule has 0 aliphatic carbocycles. The molecule has 3 nitrogen and oxygen atoms in total. The Kier molecular flexibility index (Phi) is 10.6. The van der Waals surface area contributed by atoms with E-state index in [0.29, 0.717) is 28.1 Å². The summed E-state index contributed by atoms with van der Waals surface area (Å²) in [4.78, 5) is 0. The fourth-order valence-electron chi connectivity index (χ4n) is 10.4. The number of fused-ring (bicyclic) bond motifs is 6. The van der Waals surface area contributed by atoms with Gasteiger partial charge in [0.15, 0.2) is 0 Å². The second kappa shape index (κ2) is 17.2. The molecule has 0 unspecified atom stereocenters. The second-order valence-electron chi connectivity index (χ2n) is 19.1. The van der Waals surface area contributed by atoms with Gasteiger partial charge in [0.25, 0.3) is 0 Å². The molecule has 0 amide bonds. The van der Waals surface area contributed by atoms with Crippen LogP contribution in [0.5, 0.6) is 0 Å². The van der Waals surface area contributed by atoms with Crippen LogP contribution in [0.25, 0.3) is 111 Å². The molecule has 346 valence electrons. The number of halogens is 3. The minimum Gasteiger partial charge on any atom is -0.308 e. The number of hydrogen-bond acceptors (Lipinski definition) is 1. The molecular weight excluding hydrogens is 892 g/mol. The van der Waals surface area contributed by atoms with Crippen LogP contribution in [0.1, 0.15) is 33.4 Å². The smallest absolute Gasteiger partial charge is 0.308 e. The summed E-state index contributed by atoms with van der Waals surface area (Å²) in [5, 5.41) is 15.1. The fourth-order valence-corrected chi connectivity index (χ4v) is 10.4. The number of aromatic nitrogens is 2. The molecule has 0 radical (unpaired) electrons. The van der Waals surface area contributed by atoms with Crippen molar-refractivity contribution in [1.82, 2.24) is 9.13 Å². The monoisotopic (exact) mass is 937 g/mol. The Morgan fingerprint density at radius 2 is 0.653 bits per heavy atom. The van der Waals surface area contributed by atoms with Crippen LogP contribution in [-0.2, 0) is 6.18 Å². The van der Waals surface area contributed by atoms with Crippen molar-refractivity contribution in [3.05, 3.63) is 240 Å². The van der Waals surface area contributed by atoms with E-state index in [-0.39, 0.29) is 0 Å². The summed E-state index contributed by atoms with van der Waals surface area (Å²) >= 11 is 0. The first kappa shape index (κ1) is 44.3. The normalized spacial score (nSPS) is 11.8. The predicted octanol–water partition coefficient (Wildman–Crippen LogP) is 18.3. The molecule has 0 fully saturated rings. The molecule has 72 heavy (non-hydrogen) atoms. The van der Waals surface area contributed by atoms with Gasteiger partial charge in [0.05, 0.1) is 50.6 Å². The Bertz CT molecular complexity index is 3710. The zero-order valence-corrected chi connectivity index (χ0v) is 40.1. The van der Waals surface area contributed by atoms with E-state index in [9.17, 15) is 5.26 Å². The van der Waals surface area contributed by atoms with E-state index in [0.717, 1.165) is 116 Å². The van der Waals surface area contributed by atoms with Gasteiger partial charge in [-0.15, -0.1) is 0 Å². The van der Waals surface area contributed by atoms with E-state index in [1.54, 1.807) is 6.07 Å². The van der Waals surface area contributed by atoms with Gasteiger partial charge in [-0.1, -0.05) is 180 Å². The van der Waals surface area contributed by atoms with Crippen molar-refractivity contribution in [2.75, 3.05) is 0 Å². The zero-order chi connectivity index (χ0) is 49.4. The summed E-state index contributed by atoms with van der Waals surface area (Å²) in [5.74, 6) is 0. The lowest BCUT2D eigenvalue weighted by atomic mass is 9.96. The number of benzene rings is 10. The third-order valence-corrected chi connectivity index (χ3v) is 14.3. The molecule has 0 saturated heterocycles. The van der Waals surface area contributed by atoms with E-state index in [2.05, 4.69) is 213 Å². The molecule has 12 rings (SSSR count). The summed E-state index contributed by atoms with van der Waals surface area (Å²) in [6.07, 6.45) is -4.62.